The third-order valence-electron chi connectivity index (χ3n) is 5.96. The molecule has 0 aromatic carbocycles. The quantitative estimate of drug-likeness (QED) is 0.0530. The van der Waals surface area contributed by atoms with Gasteiger partial charge in [-0.3, -0.25) is 4.79 Å². The number of hydrogen-bond acceptors (Lipinski definition) is 12. The SMILES string of the molecule is CCCCCCCCC(=O)OCCOCCOCCOCCOCCOCCOCCOCCOCCOCCO[Si](C)(C)C. The Bertz CT molecular complexity index is 595. The van der Waals surface area contributed by atoms with Crippen LogP contribution in [0, 0.1) is 0 Å². The van der Waals surface area contributed by atoms with Crippen molar-refractivity contribution in [3.05, 3.63) is 0 Å². The highest BCUT2D eigenvalue weighted by atomic mass is 28.4. The summed E-state index contributed by atoms with van der Waals surface area (Å²) in [4.78, 5) is 11.7. The summed E-state index contributed by atoms with van der Waals surface area (Å²) in [5.74, 6) is -0.141. The first-order valence-corrected chi connectivity index (χ1v) is 20.4. The Balaban J connectivity index is 3.11. The number of rotatable bonds is 38. The van der Waals surface area contributed by atoms with Crippen molar-refractivity contribution in [1.29, 1.82) is 0 Å². The van der Waals surface area contributed by atoms with Crippen molar-refractivity contribution in [2.75, 3.05) is 132 Å². The van der Waals surface area contributed by atoms with E-state index in [0.29, 0.717) is 132 Å². The van der Waals surface area contributed by atoms with Gasteiger partial charge in [0.15, 0.2) is 8.32 Å². The van der Waals surface area contributed by atoms with E-state index in [1.54, 1.807) is 0 Å². The summed E-state index contributed by atoms with van der Waals surface area (Å²) in [5.41, 5.74) is 0. The molecule has 0 radical (unpaired) electrons. The second-order valence-electron chi connectivity index (χ2n) is 11.2. The second kappa shape index (κ2) is 36.1. The minimum absolute atomic E-state index is 0.141. The van der Waals surface area contributed by atoms with Crippen LogP contribution in [0.4, 0.5) is 0 Å². The van der Waals surface area contributed by atoms with E-state index < -0.39 is 8.32 Å². The molecule has 0 saturated heterocycles. The van der Waals surface area contributed by atoms with E-state index in [9.17, 15) is 4.79 Å². The summed E-state index contributed by atoms with van der Waals surface area (Å²) in [6.45, 7) is 18.8. The van der Waals surface area contributed by atoms with Crippen LogP contribution in [0.25, 0.3) is 0 Å². The minimum Gasteiger partial charge on any atom is -0.463 e. The van der Waals surface area contributed by atoms with Crippen LogP contribution >= 0.6 is 0 Å². The maximum absolute atomic E-state index is 11.7. The number of unbranched alkanes of at least 4 members (excludes halogenated alkanes) is 5. The normalized spacial score (nSPS) is 11.8. The van der Waals surface area contributed by atoms with E-state index in [1.807, 2.05) is 0 Å². The fraction of sp³-hybridized carbons (Fsp3) is 0.969. The molecule has 0 aromatic rings. The third kappa shape index (κ3) is 41.3. The first-order valence-electron chi connectivity index (χ1n) is 16.9. The predicted molar refractivity (Wildman–Crippen MR) is 176 cm³/mol. The fourth-order valence-corrected chi connectivity index (χ4v) is 4.30. The van der Waals surface area contributed by atoms with Gasteiger partial charge in [-0.1, -0.05) is 39.0 Å². The van der Waals surface area contributed by atoms with Gasteiger partial charge in [0.2, 0.25) is 0 Å². The van der Waals surface area contributed by atoms with Crippen LogP contribution in [0.5, 0.6) is 0 Å². The molecule has 0 unspecified atom stereocenters. The van der Waals surface area contributed by atoms with E-state index in [1.165, 1.54) is 25.7 Å². The molecule has 270 valence electrons. The third-order valence-corrected chi connectivity index (χ3v) is 7.03. The van der Waals surface area contributed by atoms with Gasteiger partial charge in [0.25, 0.3) is 0 Å². The summed E-state index contributed by atoms with van der Waals surface area (Å²) in [6, 6.07) is 0. The molecular weight excluding hydrogens is 604 g/mol. The van der Waals surface area contributed by atoms with Gasteiger partial charge < -0.3 is 51.8 Å². The molecule has 0 saturated carbocycles. The molecule has 13 heteroatoms. The predicted octanol–water partition coefficient (Wildman–Crippen LogP) is 4.28. The molecule has 0 N–H and O–H groups in total. The molecule has 0 fully saturated rings. The average Bonchev–Trinajstić information content (AvgIpc) is 3.01. The highest BCUT2D eigenvalue weighted by molar-refractivity contribution is 6.69. The van der Waals surface area contributed by atoms with Gasteiger partial charge in [0.05, 0.1) is 126 Å². The lowest BCUT2D eigenvalue weighted by molar-refractivity contribution is -0.145. The number of ether oxygens (including phenoxy) is 10. The number of hydrogen-bond donors (Lipinski definition) is 0. The molecule has 0 aliphatic carbocycles. The maximum atomic E-state index is 11.7. The summed E-state index contributed by atoms with van der Waals surface area (Å²) < 4.78 is 60.1. The monoisotopic (exact) mass is 670 g/mol. The lowest BCUT2D eigenvalue weighted by Crippen LogP contribution is -2.27. The Kier molecular flexibility index (Phi) is 35.6. The fourth-order valence-electron chi connectivity index (χ4n) is 3.60. The van der Waals surface area contributed by atoms with Crippen LogP contribution in [0.15, 0.2) is 0 Å². The van der Waals surface area contributed by atoms with Crippen molar-refractivity contribution >= 4 is 14.3 Å². The van der Waals surface area contributed by atoms with Gasteiger partial charge in [-0.15, -0.1) is 0 Å². The topological polar surface area (TPSA) is 119 Å². The van der Waals surface area contributed by atoms with Crippen LogP contribution in [0.3, 0.4) is 0 Å². The van der Waals surface area contributed by atoms with Crippen LogP contribution < -0.4 is 0 Å². The molecule has 12 nitrogen and oxygen atoms in total. The van der Waals surface area contributed by atoms with E-state index in [-0.39, 0.29) is 12.6 Å². The number of carbonyl (C=O) groups excluding carboxylic acids is 1. The van der Waals surface area contributed by atoms with E-state index in [0.717, 1.165) is 12.8 Å². The molecule has 0 amide bonds. The zero-order valence-corrected chi connectivity index (χ0v) is 30.0. The lowest BCUT2D eigenvalue weighted by atomic mass is 10.1. The lowest BCUT2D eigenvalue weighted by Gasteiger charge is -2.16. The Morgan fingerprint density at radius 3 is 1.02 bits per heavy atom. The molecule has 0 bridgehead atoms. The first kappa shape index (κ1) is 44.3. The molecule has 0 spiro atoms. The maximum Gasteiger partial charge on any atom is 0.305 e. The van der Waals surface area contributed by atoms with Crippen LogP contribution in [0.1, 0.15) is 51.9 Å². The Labute approximate surface area is 274 Å². The van der Waals surface area contributed by atoms with Crippen LogP contribution in [-0.4, -0.2) is 146 Å². The second-order valence-corrected chi connectivity index (χ2v) is 15.7. The zero-order valence-electron chi connectivity index (χ0n) is 29.0. The molecule has 45 heavy (non-hydrogen) atoms. The molecule has 0 rings (SSSR count). The smallest absolute Gasteiger partial charge is 0.305 e. The summed E-state index contributed by atoms with van der Waals surface area (Å²) in [5, 5.41) is 0. The van der Waals surface area contributed by atoms with Crippen molar-refractivity contribution in [2.45, 2.75) is 71.5 Å². The molecular formula is C32H66O12Si. The number of carbonyl (C=O) groups is 1. The van der Waals surface area contributed by atoms with Crippen molar-refractivity contribution in [1.82, 2.24) is 0 Å². The minimum atomic E-state index is -1.45. The molecule has 0 aliphatic heterocycles. The zero-order chi connectivity index (χ0) is 32.9. The van der Waals surface area contributed by atoms with Crippen molar-refractivity contribution in [3.63, 3.8) is 0 Å². The van der Waals surface area contributed by atoms with Gasteiger partial charge in [-0.05, 0) is 26.1 Å². The van der Waals surface area contributed by atoms with E-state index in [4.69, 9.17) is 51.8 Å². The summed E-state index contributed by atoms with van der Waals surface area (Å²) in [7, 11) is -1.45. The number of esters is 1. The highest BCUT2D eigenvalue weighted by Gasteiger charge is 2.13. The first-order chi connectivity index (χ1) is 22.0. The molecule has 0 aromatic heterocycles. The molecule has 0 heterocycles. The van der Waals surface area contributed by atoms with Crippen LogP contribution in [-0.2, 0) is 56.6 Å². The summed E-state index contributed by atoms with van der Waals surface area (Å²) >= 11 is 0. The van der Waals surface area contributed by atoms with Crippen molar-refractivity contribution in [3.8, 4) is 0 Å². The Hall–Kier alpha value is -0.713. The summed E-state index contributed by atoms with van der Waals surface area (Å²) in [6.07, 6.45) is 7.44. The van der Waals surface area contributed by atoms with Crippen molar-refractivity contribution < 1.29 is 56.6 Å². The van der Waals surface area contributed by atoms with Gasteiger partial charge in [-0.2, -0.15) is 0 Å². The molecule has 0 aliphatic rings. The van der Waals surface area contributed by atoms with Gasteiger partial charge in [0.1, 0.15) is 6.61 Å². The molecule has 0 atom stereocenters. The van der Waals surface area contributed by atoms with Crippen LogP contribution in [0.2, 0.25) is 19.6 Å². The Morgan fingerprint density at radius 1 is 0.400 bits per heavy atom. The Morgan fingerprint density at radius 2 is 0.689 bits per heavy atom. The van der Waals surface area contributed by atoms with E-state index >= 15 is 0 Å². The van der Waals surface area contributed by atoms with Gasteiger partial charge >= 0.3 is 5.97 Å². The highest BCUT2D eigenvalue weighted by Crippen LogP contribution is 2.07. The van der Waals surface area contributed by atoms with Crippen molar-refractivity contribution in [2.24, 2.45) is 0 Å². The standard InChI is InChI=1S/C32H66O12Si/c1-5-6-7-8-9-10-11-32(33)43-30-28-41-26-24-39-22-20-37-18-16-35-14-12-34-13-15-36-17-19-38-21-23-40-25-27-42-29-31-44-45(2,3)4/h5-31H2,1-4H3. The van der Waals surface area contributed by atoms with Gasteiger partial charge in [0, 0.05) is 6.42 Å². The van der Waals surface area contributed by atoms with E-state index in [2.05, 4.69) is 26.6 Å². The largest absolute Gasteiger partial charge is 0.463 e. The average molecular weight is 671 g/mol. The van der Waals surface area contributed by atoms with Gasteiger partial charge in [-0.25, -0.2) is 0 Å².